The number of aromatic nitrogens is 2. The van der Waals surface area contributed by atoms with Crippen LogP contribution in [0.2, 0.25) is 0 Å². The maximum absolute atomic E-state index is 13.5. The highest BCUT2D eigenvalue weighted by atomic mass is 16.7. The van der Waals surface area contributed by atoms with Crippen molar-refractivity contribution in [3.8, 4) is 0 Å². The zero-order valence-corrected chi connectivity index (χ0v) is 20.8. The van der Waals surface area contributed by atoms with E-state index in [-0.39, 0.29) is 31.2 Å². The number of fused-ring (bicyclic) bond motifs is 1. The van der Waals surface area contributed by atoms with Gasteiger partial charge in [0.05, 0.1) is 35.5 Å². The van der Waals surface area contributed by atoms with Crippen LogP contribution in [0, 0.1) is 5.92 Å². The van der Waals surface area contributed by atoms with Crippen molar-refractivity contribution in [2.45, 2.75) is 44.7 Å². The predicted octanol–water partition coefficient (Wildman–Crippen LogP) is 1.66. The molecule has 192 valence electrons. The minimum absolute atomic E-state index is 0.0668. The summed E-state index contributed by atoms with van der Waals surface area (Å²) in [4.78, 5) is 32.2. The van der Waals surface area contributed by atoms with Crippen LogP contribution in [-0.2, 0) is 16.1 Å². The fraction of sp³-hybridized carbons (Fsp3) is 0.346. The molecule has 0 saturated heterocycles. The average Bonchev–Trinajstić information content (AvgIpc) is 3.30. The van der Waals surface area contributed by atoms with Gasteiger partial charge in [-0.25, -0.2) is 0 Å². The minimum Gasteiger partial charge on any atom is -0.426 e. The van der Waals surface area contributed by atoms with Crippen LogP contribution < -0.4 is 10.6 Å². The van der Waals surface area contributed by atoms with Crippen LogP contribution in [0.4, 0.5) is 0 Å². The van der Waals surface area contributed by atoms with E-state index in [1.807, 2.05) is 56.3 Å². The van der Waals surface area contributed by atoms with Crippen LogP contribution in [0.15, 0.2) is 65.9 Å². The number of hydrogen-bond acceptors (Lipinski definition) is 8. The molecule has 2 atom stereocenters. The molecule has 37 heavy (non-hydrogen) atoms. The normalized spacial score (nSPS) is 17.7. The zero-order valence-electron chi connectivity index (χ0n) is 20.8. The Balaban J connectivity index is 1.48. The van der Waals surface area contributed by atoms with Gasteiger partial charge in [-0.05, 0) is 24.0 Å². The van der Waals surface area contributed by atoms with Gasteiger partial charge < -0.3 is 25.5 Å². The van der Waals surface area contributed by atoms with Crippen LogP contribution in [0.3, 0.4) is 0 Å². The topological polar surface area (TPSA) is 146 Å². The predicted molar refractivity (Wildman–Crippen MR) is 139 cm³/mol. The van der Waals surface area contributed by atoms with Gasteiger partial charge >= 0.3 is 7.12 Å². The Labute approximate surface area is 215 Å². The van der Waals surface area contributed by atoms with Crippen LogP contribution in [0.1, 0.15) is 42.6 Å². The highest BCUT2D eigenvalue weighted by Gasteiger charge is 2.48. The van der Waals surface area contributed by atoms with Gasteiger partial charge in [-0.15, -0.1) is 0 Å². The number of carbonyl (C=O) groups excluding carboxylic acids is 2. The van der Waals surface area contributed by atoms with E-state index < -0.39 is 24.6 Å². The largest absolute Gasteiger partial charge is 0.475 e. The Morgan fingerprint density at radius 3 is 2.57 bits per heavy atom. The first kappa shape index (κ1) is 26.2. The number of nitrogens with one attached hydrogen (secondary N) is 2. The Morgan fingerprint density at radius 2 is 1.84 bits per heavy atom. The highest BCUT2D eigenvalue weighted by molar-refractivity contribution is 6.43. The van der Waals surface area contributed by atoms with Gasteiger partial charge in [0.1, 0.15) is 0 Å². The van der Waals surface area contributed by atoms with Crippen molar-refractivity contribution in [3.63, 3.8) is 0 Å². The maximum atomic E-state index is 13.5. The molecule has 0 spiro atoms. The molecule has 0 fully saturated rings. The van der Waals surface area contributed by atoms with Crippen molar-refractivity contribution < 1.29 is 24.5 Å². The van der Waals surface area contributed by atoms with Gasteiger partial charge in [0.25, 0.3) is 11.8 Å². The Hall–Kier alpha value is -3.83. The molecule has 11 heteroatoms. The highest BCUT2D eigenvalue weighted by Crippen LogP contribution is 2.29. The number of hydrogen-bond donors (Lipinski definition) is 4. The molecule has 1 aromatic heterocycles. The summed E-state index contributed by atoms with van der Waals surface area (Å²) in [6.07, 6.45) is 2.13. The molecule has 0 aliphatic carbocycles. The van der Waals surface area contributed by atoms with E-state index in [4.69, 9.17) is 4.84 Å². The van der Waals surface area contributed by atoms with E-state index in [1.54, 1.807) is 12.1 Å². The fourth-order valence-corrected chi connectivity index (χ4v) is 4.39. The number of nitrogens with zero attached hydrogens (tertiary/aromatic N) is 3. The molecule has 1 aliphatic rings. The molecule has 3 aromatic rings. The van der Waals surface area contributed by atoms with Gasteiger partial charge in [0.15, 0.2) is 0 Å². The summed E-state index contributed by atoms with van der Waals surface area (Å²) in [7, 11) is -1.72. The number of oxime groups is 1. The lowest BCUT2D eigenvalue weighted by Gasteiger charge is -2.29. The molecular formula is C26H30BN5O5. The van der Waals surface area contributed by atoms with Crippen molar-refractivity contribution in [2.24, 2.45) is 11.1 Å². The van der Waals surface area contributed by atoms with E-state index in [0.717, 1.165) is 5.56 Å². The lowest BCUT2D eigenvalue weighted by molar-refractivity contribution is -0.144. The van der Waals surface area contributed by atoms with E-state index in [2.05, 4.69) is 26.0 Å². The summed E-state index contributed by atoms with van der Waals surface area (Å²) in [6.45, 7) is 3.93. The molecule has 0 saturated carbocycles. The first-order valence-electron chi connectivity index (χ1n) is 12.2. The molecule has 2 amide bonds. The van der Waals surface area contributed by atoms with Gasteiger partial charge in [0.2, 0.25) is 5.60 Å². The van der Waals surface area contributed by atoms with Gasteiger partial charge in [0, 0.05) is 18.2 Å². The van der Waals surface area contributed by atoms with Crippen molar-refractivity contribution >= 4 is 35.5 Å². The number of benzene rings is 2. The molecule has 0 radical (unpaired) electrons. The Morgan fingerprint density at radius 1 is 1.11 bits per heavy atom. The monoisotopic (exact) mass is 503 g/mol. The third-order valence-electron chi connectivity index (χ3n) is 6.23. The SMILES string of the molecule is CC(C)CC(NC(=O)C1(Cc2ccccc2)CC(CNC(=O)c2cnnc3ccccc23)=NO1)B(O)O. The second-order valence-electron chi connectivity index (χ2n) is 9.66. The molecule has 10 nitrogen and oxygen atoms in total. The second-order valence-corrected chi connectivity index (χ2v) is 9.66. The number of rotatable bonds is 10. The quantitative estimate of drug-likeness (QED) is 0.308. The van der Waals surface area contributed by atoms with Crippen LogP contribution in [0.5, 0.6) is 0 Å². The van der Waals surface area contributed by atoms with E-state index in [1.165, 1.54) is 6.20 Å². The first-order valence-corrected chi connectivity index (χ1v) is 12.2. The summed E-state index contributed by atoms with van der Waals surface area (Å²) in [5, 5.41) is 38.0. The minimum atomic E-state index is -1.72. The fourth-order valence-electron chi connectivity index (χ4n) is 4.39. The van der Waals surface area contributed by atoms with Crippen molar-refractivity contribution in [1.29, 1.82) is 0 Å². The summed E-state index contributed by atoms with van der Waals surface area (Å²) >= 11 is 0. The maximum Gasteiger partial charge on any atom is 0.475 e. The first-order chi connectivity index (χ1) is 17.8. The molecule has 2 unspecified atom stereocenters. The van der Waals surface area contributed by atoms with Crippen molar-refractivity contribution in [1.82, 2.24) is 20.8 Å². The zero-order chi connectivity index (χ0) is 26.4. The Bertz CT molecular complexity index is 1280. The van der Waals surface area contributed by atoms with E-state index >= 15 is 0 Å². The molecule has 4 N–H and O–H groups in total. The van der Waals surface area contributed by atoms with Crippen LogP contribution in [0.25, 0.3) is 10.9 Å². The Kier molecular flexibility index (Phi) is 8.15. The third kappa shape index (κ3) is 6.30. The van der Waals surface area contributed by atoms with Gasteiger partial charge in [-0.1, -0.05) is 67.5 Å². The molecular weight excluding hydrogens is 473 g/mol. The van der Waals surface area contributed by atoms with Gasteiger partial charge in [-0.2, -0.15) is 10.2 Å². The van der Waals surface area contributed by atoms with Crippen LogP contribution in [-0.4, -0.2) is 63.0 Å². The molecule has 2 heterocycles. The molecule has 2 aromatic carbocycles. The lowest BCUT2D eigenvalue weighted by atomic mass is 9.74. The van der Waals surface area contributed by atoms with E-state index in [9.17, 15) is 19.6 Å². The molecule has 0 bridgehead atoms. The molecule has 1 aliphatic heterocycles. The third-order valence-corrected chi connectivity index (χ3v) is 6.23. The second kappa shape index (κ2) is 11.5. The summed E-state index contributed by atoms with van der Waals surface area (Å²) in [5.74, 6) is -1.58. The summed E-state index contributed by atoms with van der Waals surface area (Å²) in [6, 6.07) is 16.6. The van der Waals surface area contributed by atoms with Crippen LogP contribution >= 0.6 is 0 Å². The van der Waals surface area contributed by atoms with Gasteiger partial charge in [-0.3, -0.25) is 9.59 Å². The summed E-state index contributed by atoms with van der Waals surface area (Å²) < 4.78 is 0. The summed E-state index contributed by atoms with van der Waals surface area (Å²) in [5.41, 5.74) is 0.938. The number of carbonyl (C=O) groups is 2. The average molecular weight is 503 g/mol. The lowest BCUT2D eigenvalue weighted by Crippen LogP contribution is -2.56. The van der Waals surface area contributed by atoms with Crippen molar-refractivity contribution in [2.75, 3.05) is 6.54 Å². The molecule has 4 rings (SSSR count). The standard InChI is InChI=1S/C26H30BN5O5/c1-17(2)12-23(27(35)36)30-25(34)26(13-18-8-4-3-5-9-18)14-19(32-37-26)15-28-24(33)21-16-29-31-22-11-7-6-10-20(21)22/h3-11,16-17,23,35-36H,12-15H2,1-2H3,(H,28,33)(H,30,34). The smallest absolute Gasteiger partial charge is 0.426 e. The number of amides is 2. The van der Waals surface area contributed by atoms with E-state index in [0.29, 0.717) is 28.6 Å². The van der Waals surface area contributed by atoms with Crippen molar-refractivity contribution in [3.05, 3.63) is 71.9 Å².